The molecule has 0 aliphatic carbocycles. The van der Waals surface area contributed by atoms with Gasteiger partial charge < -0.3 is 0 Å². The second-order valence-electron chi connectivity index (χ2n) is 5.97. The van der Waals surface area contributed by atoms with E-state index >= 15 is 0 Å². The Bertz CT molecular complexity index is 908. The fourth-order valence-corrected chi connectivity index (χ4v) is 3.72. The van der Waals surface area contributed by atoms with Crippen LogP contribution in [0, 0.1) is 20.8 Å². The van der Waals surface area contributed by atoms with E-state index in [1.165, 1.54) is 13.0 Å². The number of rotatable bonds is 6. The maximum absolute atomic E-state index is 12.8. The summed E-state index contributed by atoms with van der Waals surface area (Å²) in [5, 5.41) is 3.04. The molecule has 26 heavy (non-hydrogen) atoms. The van der Waals surface area contributed by atoms with Crippen LogP contribution in [0.1, 0.15) is 28.9 Å². The van der Waals surface area contributed by atoms with Crippen LogP contribution in [-0.2, 0) is 22.7 Å². The summed E-state index contributed by atoms with van der Waals surface area (Å²) >= 11 is 5.68. The Hall–Kier alpha value is -1.58. The molecule has 0 bridgehead atoms. The molecule has 1 N–H and O–H groups in total. The van der Waals surface area contributed by atoms with Crippen molar-refractivity contribution in [2.24, 2.45) is 0 Å². The molecule has 5 nitrogen and oxygen atoms in total. The molecule has 2 aromatic rings. The Kier molecular flexibility index (Phi) is 6.04. The smallest absolute Gasteiger partial charge is 0.268 e. The number of sulfonamides is 1. The lowest BCUT2D eigenvalue weighted by molar-refractivity contribution is -0.141. The summed E-state index contributed by atoms with van der Waals surface area (Å²) in [4.78, 5) is 0.151. The van der Waals surface area contributed by atoms with E-state index in [0.29, 0.717) is 0 Å². The maximum atomic E-state index is 12.8. The minimum atomic E-state index is -4.63. The minimum absolute atomic E-state index is 0.0630. The Morgan fingerprint density at radius 2 is 1.85 bits per heavy atom. The van der Waals surface area contributed by atoms with Gasteiger partial charge in [0.15, 0.2) is 5.69 Å². The molecule has 0 radical (unpaired) electrons. The first-order chi connectivity index (χ1) is 11.9. The first kappa shape index (κ1) is 20.7. The van der Waals surface area contributed by atoms with Gasteiger partial charge in [-0.15, -0.1) is 0 Å². The van der Waals surface area contributed by atoms with Crippen molar-refractivity contribution < 1.29 is 21.6 Å². The molecule has 10 heteroatoms. The van der Waals surface area contributed by atoms with E-state index in [0.717, 1.165) is 15.8 Å². The standard InChI is InChI=1S/C16H19ClF3N3O2S/c1-10-5-6-13(9-11(10)2)26(24,25)21-7-4-8-23-12(3)14(17)15(22-23)16(18,19)20/h5-6,9,21H,4,7-8H2,1-3H3. The quantitative estimate of drug-likeness (QED) is 0.737. The number of aromatic nitrogens is 2. The Morgan fingerprint density at radius 1 is 1.19 bits per heavy atom. The van der Waals surface area contributed by atoms with Crippen molar-refractivity contribution in [3.8, 4) is 0 Å². The van der Waals surface area contributed by atoms with Crippen molar-refractivity contribution in [1.29, 1.82) is 0 Å². The highest BCUT2D eigenvalue weighted by atomic mass is 35.5. The van der Waals surface area contributed by atoms with Crippen LogP contribution >= 0.6 is 11.6 Å². The molecule has 0 fully saturated rings. The van der Waals surface area contributed by atoms with E-state index in [9.17, 15) is 21.6 Å². The van der Waals surface area contributed by atoms with E-state index in [2.05, 4.69) is 9.82 Å². The first-order valence-corrected chi connectivity index (χ1v) is 9.66. The van der Waals surface area contributed by atoms with Crippen molar-refractivity contribution in [2.45, 2.75) is 44.8 Å². The number of benzene rings is 1. The predicted molar refractivity (Wildman–Crippen MR) is 92.7 cm³/mol. The zero-order valence-electron chi connectivity index (χ0n) is 14.5. The summed E-state index contributed by atoms with van der Waals surface area (Å²) in [6.45, 7) is 5.30. The van der Waals surface area contributed by atoms with Crippen LogP contribution in [0.3, 0.4) is 0 Å². The van der Waals surface area contributed by atoms with Gasteiger partial charge in [0, 0.05) is 13.1 Å². The number of alkyl halides is 3. The summed E-state index contributed by atoms with van der Waals surface area (Å²) in [6, 6.07) is 4.81. The SMILES string of the molecule is Cc1ccc(S(=O)(=O)NCCCn2nc(C(F)(F)F)c(Cl)c2C)cc1C. The van der Waals surface area contributed by atoms with Gasteiger partial charge >= 0.3 is 6.18 Å². The van der Waals surface area contributed by atoms with Gasteiger partial charge in [-0.05, 0) is 50.5 Å². The number of halogens is 4. The highest BCUT2D eigenvalue weighted by Gasteiger charge is 2.38. The van der Waals surface area contributed by atoms with E-state index in [4.69, 9.17) is 11.6 Å². The predicted octanol–water partition coefficient (Wildman–Crippen LogP) is 3.85. The van der Waals surface area contributed by atoms with E-state index in [-0.39, 0.29) is 30.1 Å². The summed E-state index contributed by atoms with van der Waals surface area (Å²) in [5.41, 5.74) is 0.896. The van der Waals surface area contributed by atoms with Crippen molar-refractivity contribution in [2.75, 3.05) is 6.54 Å². The van der Waals surface area contributed by atoms with E-state index in [1.807, 2.05) is 13.8 Å². The Labute approximate surface area is 155 Å². The van der Waals surface area contributed by atoms with Gasteiger partial charge in [-0.3, -0.25) is 4.68 Å². The molecule has 0 saturated carbocycles. The molecule has 0 aliphatic heterocycles. The molecule has 2 rings (SSSR count). The molecule has 1 aromatic carbocycles. The van der Waals surface area contributed by atoms with Crippen molar-refractivity contribution >= 4 is 21.6 Å². The van der Waals surface area contributed by atoms with Gasteiger partial charge in [-0.1, -0.05) is 17.7 Å². The van der Waals surface area contributed by atoms with Crippen LogP contribution in [0.2, 0.25) is 5.02 Å². The average Bonchev–Trinajstić information content (AvgIpc) is 2.82. The number of nitrogens with zero attached hydrogens (tertiary/aromatic N) is 2. The van der Waals surface area contributed by atoms with Crippen LogP contribution in [0.25, 0.3) is 0 Å². The van der Waals surface area contributed by atoms with Crippen LogP contribution in [0.15, 0.2) is 23.1 Å². The lowest BCUT2D eigenvalue weighted by Crippen LogP contribution is -2.26. The van der Waals surface area contributed by atoms with Gasteiger partial charge in [-0.2, -0.15) is 18.3 Å². The average molecular weight is 410 g/mol. The van der Waals surface area contributed by atoms with Crippen molar-refractivity contribution in [1.82, 2.24) is 14.5 Å². The lowest BCUT2D eigenvalue weighted by Gasteiger charge is -2.09. The Balaban J connectivity index is 1.99. The number of hydrogen-bond acceptors (Lipinski definition) is 3. The topological polar surface area (TPSA) is 64.0 Å². The largest absolute Gasteiger partial charge is 0.436 e. The highest BCUT2D eigenvalue weighted by molar-refractivity contribution is 7.89. The fourth-order valence-electron chi connectivity index (χ4n) is 2.32. The van der Waals surface area contributed by atoms with Gasteiger partial charge in [-0.25, -0.2) is 13.1 Å². The van der Waals surface area contributed by atoms with Gasteiger partial charge in [0.2, 0.25) is 10.0 Å². The van der Waals surface area contributed by atoms with E-state index in [1.54, 1.807) is 12.1 Å². The molecule has 0 amide bonds. The van der Waals surface area contributed by atoms with Gasteiger partial charge in [0.25, 0.3) is 0 Å². The van der Waals surface area contributed by atoms with Crippen molar-refractivity contribution in [3.63, 3.8) is 0 Å². The molecule has 1 aromatic heterocycles. The molecule has 0 unspecified atom stereocenters. The molecular weight excluding hydrogens is 391 g/mol. The number of nitrogens with one attached hydrogen (secondary N) is 1. The second-order valence-corrected chi connectivity index (χ2v) is 8.11. The minimum Gasteiger partial charge on any atom is -0.268 e. The summed E-state index contributed by atoms with van der Waals surface area (Å²) < 4.78 is 66.4. The zero-order chi connectivity index (χ0) is 19.7. The molecule has 0 spiro atoms. The molecule has 0 aliphatic rings. The third-order valence-electron chi connectivity index (χ3n) is 4.03. The fraction of sp³-hybridized carbons (Fsp3) is 0.438. The maximum Gasteiger partial charge on any atom is 0.436 e. The van der Waals surface area contributed by atoms with Crippen LogP contribution in [0.4, 0.5) is 13.2 Å². The van der Waals surface area contributed by atoms with Crippen molar-refractivity contribution in [3.05, 3.63) is 45.7 Å². The van der Waals surface area contributed by atoms with E-state index < -0.39 is 26.9 Å². The number of hydrogen-bond donors (Lipinski definition) is 1. The normalized spacial score (nSPS) is 12.6. The third-order valence-corrected chi connectivity index (χ3v) is 5.94. The summed E-state index contributed by atoms with van der Waals surface area (Å²) in [7, 11) is -3.68. The molecule has 0 atom stereocenters. The monoisotopic (exact) mass is 409 g/mol. The number of aryl methyl sites for hydroxylation is 3. The second kappa shape index (κ2) is 7.58. The Morgan fingerprint density at radius 3 is 2.38 bits per heavy atom. The zero-order valence-corrected chi connectivity index (χ0v) is 16.1. The van der Waals surface area contributed by atoms with Gasteiger partial charge in [0.05, 0.1) is 15.6 Å². The molecule has 1 heterocycles. The highest BCUT2D eigenvalue weighted by Crippen LogP contribution is 2.35. The third kappa shape index (κ3) is 4.57. The molecular formula is C16H19ClF3N3O2S. The summed E-state index contributed by atoms with van der Waals surface area (Å²) in [5.74, 6) is 0. The summed E-state index contributed by atoms with van der Waals surface area (Å²) in [6.07, 6.45) is -4.36. The molecule has 0 saturated heterocycles. The first-order valence-electron chi connectivity index (χ1n) is 7.80. The molecule has 144 valence electrons. The van der Waals surface area contributed by atoms with Crippen LogP contribution in [-0.4, -0.2) is 24.7 Å². The van der Waals surface area contributed by atoms with Crippen LogP contribution < -0.4 is 4.72 Å². The lowest BCUT2D eigenvalue weighted by atomic mass is 10.1. The van der Waals surface area contributed by atoms with Gasteiger partial charge in [0.1, 0.15) is 0 Å². The van der Waals surface area contributed by atoms with Crippen LogP contribution in [0.5, 0.6) is 0 Å².